The summed E-state index contributed by atoms with van der Waals surface area (Å²) in [5, 5.41) is 5.68. The molecule has 0 N–H and O–H groups in total. The first kappa shape index (κ1) is 19.8. The summed E-state index contributed by atoms with van der Waals surface area (Å²) in [4.78, 5) is 34.1. The van der Waals surface area contributed by atoms with E-state index < -0.39 is 11.9 Å². The van der Waals surface area contributed by atoms with Crippen molar-refractivity contribution in [2.45, 2.75) is 13.3 Å². The fourth-order valence-corrected chi connectivity index (χ4v) is 3.47. The van der Waals surface area contributed by atoms with Crippen molar-refractivity contribution in [3.63, 3.8) is 0 Å². The second kappa shape index (κ2) is 9.25. The number of carbonyl (C=O) groups is 2. The highest BCUT2D eigenvalue weighted by Crippen LogP contribution is 2.26. The van der Waals surface area contributed by atoms with E-state index in [9.17, 15) is 9.59 Å². The summed E-state index contributed by atoms with van der Waals surface area (Å²) in [5.41, 5.74) is 1.49. The van der Waals surface area contributed by atoms with Crippen molar-refractivity contribution in [2.24, 2.45) is 0 Å². The maximum Gasteiger partial charge on any atom is 0.357 e. The van der Waals surface area contributed by atoms with E-state index >= 15 is 0 Å². The molecule has 0 spiro atoms. The second-order valence-electron chi connectivity index (χ2n) is 5.02. The zero-order chi connectivity index (χ0) is 19.1. The van der Waals surface area contributed by atoms with Gasteiger partial charge in [-0.1, -0.05) is 6.92 Å². The molecule has 7 nitrogen and oxygen atoms in total. The Hall–Kier alpha value is -2.52. The van der Waals surface area contributed by atoms with Crippen LogP contribution in [0.1, 0.15) is 17.6 Å². The predicted octanol–water partition coefficient (Wildman–Crippen LogP) is 2.96. The molecule has 2 aromatic heterocycles. The van der Waals surface area contributed by atoms with Crippen LogP contribution in [0, 0.1) is 0 Å². The Bertz CT molecular complexity index is 839. The van der Waals surface area contributed by atoms with Gasteiger partial charge in [0.25, 0.3) is 5.91 Å². The molecule has 0 atom stereocenters. The van der Waals surface area contributed by atoms with Gasteiger partial charge in [-0.05, 0) is 12.5 Å². The topological polar surface area (TPSA) is 81.6 Å². The van der Waals surface area contributed by atoms with Crippen LogP contribution in [-0.2, 0) is 25.5 Å². The number of nitrogens with zero attached hydrogens (tertiary/aromatic N) is 3. The van der Waals surface area contributed by atoms with Crippen LogP contribution < -0.4 is 0 Å². The van der Waals surface area contributed by atoms with Gasteiger partial charge in [-0.25, -0.2) is 14.8 Å². The number of thiazole rings is 2. The molecule has 2 aromatic rings. The first-order valence-electron chi connectivity index (χ1n) is 7.67. The maximum absolute atomic E-state index is 12.3. The molecule has 0 aliphatic rings. The zero-order valence-electron chi connectivity index (χ0n) is 14.9. The van der Waals surface area contributed by atoms with Gasteiger partial charge < -0.3 is 14.4 Å². The number of hydrogen-bond donors (Lipinski definition) is 0. The minimum Gasteiger partial charge on any atom is -0.502 e. The third-order valence-electron chi connectivity index (χ3n) is 3.31. The molecule has 9 heteroatoms. The molecule has 0 aromatic carbocycles. The fourth-order valence-electron chi connectivity index (χ4n) is 1.92. The summed E-state index contributed by atoms with van der Waals surface area (Å²) in [6.07, 6.45) is 4.98. The van der Waals surface area contributed by atoms with E-state index in [1.807, 2.05) is 10.8 Å². The summed E-state index contributed by atoms with van der Waals surface area (Å²) in [6.45, 7) is 2.06. The van der Waals surface area contributed by atoms with Crippen molar-refractivity contribution in [3.8, 4) is 10.7 Å². The van der Waals surface area contributed by atoms with Crippen molar-refractivity contribution < 1.29 is 19.1 Å². The van der Waals surface area contributed by atoms with Gasteiger partial charge in [-0.15, -0.1) is 22.7 Å². The molecule has 2 heterocycles. The lowest BCUT2D eigenvalue weighted by atomic mass is 10.3. The maximum atomic E-state index is 12.3. The van der Waals surface area contributed by atoms with Crippen molar-refractivity contribution in [1.82, 2.24) is 14.9 Å². The predicted molar refractivity (Wildman–Crippen MR) is 102 cm³/mol. The van der Waals surface area contributed by atoms with Crippen LogP contribution >= 0.6 is 22.7 Å². The second-order valence-corrected chi connectivity index (χ2v) is 6.82. The third-order valence-corrected chi connectivity index (χ3v) is 5.18. The van der Waals surface area contributed by atoms with E-state index in [-0.39, 0.29) is 5.70 Å². The van der Waals surface area contributed by atoms with Gasteiger partial charge in [0.05, 0.1) is 24.9 Å². The molecule has 138 valence electrons. The third kappa shape index (κ3) is 4.77. The Labute approximate surface area is 159 Å². The molecule has 0 saturated heterocycles. The first-order chi connectivity index (χ1) is 12.5. The van der Waals surface area contributed by atoms with Crippen molar-refractivity contribution >= 4 is 40.6 Å². The number of carbonyl (C=O) groups excluding carboxylic acids is 2. The molecule has 2 rings (SSSR count). The summed E-state index contributed by atoms with van der Waals surface area (Å²) in [5.74, 6) is -1.07. The van der Waals surface area contributed by atoms with Gasteiger partial charge >= 0.3 is 5.97 Å². The molecule has 0 saturated carbocycles. The Morgan fingerprint density at radius 3 is 2.62 bits per heavy atom. The van der Waals surface area contributed by atoms with Crippen LogP contribution in [0.3, 0.4) is 0 Å². The van der Waals surface area contributed by atoms with E-state index in [1.165, 1.54) is 38.7 Å². The van der Waals surface area contributed by atoms with Crippen LogP contribution in [0.4, 0.5) is 0 Å². The smallest absolute Gasteiger partial charge is 0.357 e. The van der Waals surface area contributed by atoms with Crippen molar-refractivity contribution in [2.75, 3.05) is 21.3 Å². The van der Waals surface area contributed by atoms with E-state index in [0.717, 1.165) is 33.3 Å². The van der Waals surface area contributed by atoms with E-state index in [1.54, 1.807) is 17.4 Å². The van der Waals surface area contributed by atoms with E-state index in [2.05, 4.69) is 21.6 Å². The van der Waals surface area contributed by atoms with E-state index in [4.69, 9.17) is 4.74 Å². The average molecular weight is 393 g/mol. The number of likely N-dealkylation sites (N-methyl/N-ethyl adjacent to an activating group) is 1. The van der Waals surface area contributed by atoms with Crippen LogP contribution in [0.5, 0.6) is 0 Å². The summed E-state index contributed by atoms with van der Waals surface area (Å²) >= 11 is 3.06. The van der Waals surface area contributed by atoms with Gasteiger partial charge in [0.1, 0.15) is 17.0 Å². The largest absolute Gasteiger partial charge is 0.502 e. The van der Waals surface area contributed by atoms with Crippen molar-refractivity contribution in [1.29, 1.82) is 0 Å². The van der Waals surface area contributed by atoms with E-state index in [0.29, 0.717) is 5.69 Å². The number of aryl methyl sites for hydroxylation is 1. The van der Waals surface area contributed by atoms with Gasteiger partial charge in [-0.2, -0.15) is 0 Å². The lowest BCUT2D eigenvalue weighted by Crippen LogP contribution is -2.29. The minimum absolute atomic E-state index is 0.00168. The first-order valence-corrected chi connectivity index (χ1v) is 9.43. The Morgan fingerprint density at radius 1 is 1.23 bits per heavy atom. The monoisotopic (exact) mass is 393 g/mol. The molecule has 0 aliphatic heterocycles. The number of amides is 1. The quantitative estimate of drug-likeness (QED) is 0.409. The minimum atomic E-state index is -0.665. The van der Waals surface area contributed by atoms with Crippen LogP contribution in [-0.4, -0.2) is 48.0 Å². The Kier molecular flexibility index (Phi) is 7.05. The normalized spacial score (nSPS) is 11.6. The van der Waals surface area contributed by atoms with Gasteiger partial charge in [0.15, 0.2) is 5.70 Å². The average Bonchev–Trinajstić information content (AvgIpc) is 3.31. The number of rotatable bonds is 7. The number of methoxy groups -OCH3 is 2. The standard InChI is InChI=1S/C17H19N3O4S2/c1-5-14-19-12(10-25-14)16-18-11(9-26-16)6-7-15(21)20(2)13(8-23-3)17(22)24-4/h6-10H,5H2,1-4H3/b7-6+,13-8-. The highest BCUT2D eigenvalue weighted by atomic mass is 32.1. The molecular weight excluding hydrogens is 374 g/mol. The Morgan fingerprint density at radius 2 is 2.00 bits per heavy atom. The number of esters is 1. The van der Waals surface area contributed by atoms with Crippen molar-refractivity contribution in [3.05, 3.63) is 39.5 Å². The zero-order valence-corrected chi connectivity index (χ0v) is 16.5. The number of hydrogen-bond acceptors (Lipinski definition) is 8. The molecule has 0 aliphatic carbocycles. The molecule has 26 heavy (non-hydrogen) atoms. The SMILES string of the molecule is CCc1nc(-c2nc(/C=C/C(=O)N(C)/C(=C\OC)C(=O)OC)cs2)cs1. The fraction of sp³-hybridized carbons (Fsp3) is 0.294. The number of aromatic nitrogens is 2. The van der Waals surface area contributed by atoms with Gasteiger partial charge in [0.2, 0.25) is 0 Å². The van der Waals surface area contributed by atoms with Gasteiger partial charge in [0, 0.05) is 23.9 Å². The molecule has 0 bridgehead atoms. The molecule has 0 unspecified atom stereocenters. The summed E-state index contributed by atoms with van der Waals surface area (Å²) in [6, 6.07) is 0. The highest BCUT2D eigenvalue weighted by Gasteiger charge is 2.19. The number of ether oxygens (including phenoxy) is 2. The molecular formula is C17H19N3O4S2. The van der Waals surface area contributed by atoms with Gasteiger partial charge in [-0.3, -0.25) is 4.79 Å². The summed E-state index contributed by atoms with van der Waals surface area (Å²) < 4.78 is 9.47. The molecule has 1 amide bonds. The molecule has 0 fully saturated rings. The molecule has 0 radical (unpaired) electrons. The highest BCUT2D eigenvalue weighted by molar-refractivity contribution is 7.14. The lowest BCUT2D eigenvalue weighted by Gasteiger charge is -2.16. The van der Waals surface area contributed by atoms with Crippen LogP contribution in [0.15, 0.2) is 28.8 Å². The summed E-state index contributed by atoms with van der Waals surface area (Å²) in [7, 11) is 4.08. The Balaban J connectivity index is 2.10. The van der Waals surface area contributed by atoms with Crippen LogP contribution in [0.2, 0.25) is 0 Å². The lowest BCUT2D eigenvalue weighted by molar-refractivity contribution is -0.140. The van der Waals surface area contributed by atoms with Crippen LogP contribution in [0.25, 0.3) is 16.8 Å².